The number of pyridine rings is 1. The van der Waals surface area contributed by atoms with Gasteiger partial charge in [-0.1, -0.05) is 11.6 Å². The first-order valence-corrected chi connectivity index (χ1v) is 5.22. The molecule has 4 nitrogen and oxygen atoms in total. The van der Waals surface area contributed by atoms with E-state index in [9.17, 15) is 17.2 Å². The summed E-state index contributed by atoms with van der Waals surface area (Å²) in [6.07, 6.45) is -2.87. The van der Waals surface area contributed by atoms with Crippen LogP contribution in [0.5, 0.6) is 0 Å². The van der Waals surface area contributed by atoms with Gasteiger partial charge in [0, 0.05) is 0 Å². The number of halogens is 3. The van der Waals surface area contributed by atoms with Crippen LogP contribution >= 0.6 is 11.6 Å². The van der Waals surface area contributed by atoms with E-state index in [4.69, 9.17) is 16.7 Å². The van der Waals surface area contributed by atoms with Gasteiger partial charge in [-0.3, -0.25) is 0 Å². The summed E-state index contributed by atoms with van der Waals surface area (Å²) in [7, 11) is -4.17. The Morgan fingerprint density at radius 2 is 2.00 bits per heavy atom. The van der Waals surface area contributed by atoms with E-state index in [1.54, 1.807) is 0 Å². The van der Waals surface area contributed by atoms with E-state index in [1.807, 2.05) is 0 Å². The zero-order valence-electron chi connectivity index (χ0n) is 6.62. The Balaban J connectivity index is 3.37. The summed E-state index contributed by atoms with van der Waals surface area (Å²) in [6.45, 7) is 0. The van der Waals surface area contributed by atoms with Crippen molar-refractivity contribution in [1.82, 2.24) is 4.98 Å². The van der Waals surface area contributed by atoms with Crippen LogP contribution < -0.4 is 5.14 Å². The van der Waals surface area contributed by atoms with Crippen molar-refractivity contribution < 1.29 is 17.2 Å². The van der Waals surface area contributed by atoms with Gasteiger partial charge in [-0.05, 0) is 12.1 Å². The van der Waals surface area contributed by atoms with E-state index in [-0.39, 0.29) is 5.02 Å². The van der Waals surface area contributed by atoms with Crippen molar-refractivity contribution in [2.24, 2.45) is 5.14 Å². The molecule has 0 atom stereocenters. The van der Waals surface area contributed by atoms with Crippen molar-refractivity contribution in [1.29, 1.82) is 0 Å². The van der Waals surface area contributed by atoms with Gasteiger partial charge >= 0.3 is 0 Å². The minimum absolute atomic E-state index is 0.281. The van der Waals surface area contributed by atoms with Crippen LogP contribution in [-0.4, -0.2) is 13.4 Å². The van der Waals surface area contributed by atoms with Gasteiger partial charge < -0.3 is 0 Å². The average Bonchev–Trinajstić information content (AvgIpc) is 2.02. The van der Waals surface area contributed by atoms with E-state index < -0.39 is 27.2 Å². The highest BCUT2D eigenvalue weighted by atomic mass is 35.5. The van der Waals surface area contributed by atoms with Gasteiger partial charge in [-0.2, -0.15) is 0 Å². The molecule has 0 aliphatic rings. The third-order valence-electron chi connectivity index (χ3n) is 1.33. The lowest BCUT2D eigenvalue weighted by Crippen LogP contribution is -2.15. The second-order valence-electron chi connectivity index (χ2n) is 2.37. The summed E-state index contributed by atoms with van der Waals surface area (Å²) >= 11 is 5.42. The molecule has 0 saturated heterocycles. The number of rotatable bonds is 2. The predicted molar refractivity (Wildman–Crippen MR) is 45.6 cm³/mol. The van der Waals surface area contributed by atoms with E-state index in [0.717, 1.165) is 12.1 Å². The van der Waals surface area contributed by atoms with Crippen molar-refractivity contribution in [2.75, 3.05) is 0 Å². The molecule has 0 amide bonds. The summed E-state index contributed by atoms with van der Waals surface area (Å²) in [5.41, 5.74) is -0.682. The number of sulfonamides is 1. The van der Waals surface area contributed by atoms with Gasteiger partial charge in [-0.15, -0.1) is 0 Å². The number of nitrogens with two attached hydrogens (primary N) is 1. The van der Waals surface area contributed by atoms with Crippen molar-refractivity contribution in [2.45, 2.75) is 11.5 Å². The van der Waals surface area contributed by atoms with E-state index in [2.05, 4.69) is 4.98 Å². The molecule has 14 heavy (non-hydrogen) atoms. The second-order valence-corrected chi connectivity index (χ2v) is 4.25. The lowest BCUT2D eigenvalue weighted by molar-refractivity contribution is 0.145. The third kappa shape index (κ3) is 2.37. The fourth-order valence-electron chi connectivity index (χ4n) is 0.759. The fraction of sp³-hybridized carbons (Fsp3) is 0.167. The number of alkyl halides is 2. The molecule has 0 aliphatic carbocycles. The van der Waals surface area contributed by atoms with Crippen LogP contribution in [0.15, 0.2) is 17.2 Å². The number of hydrogen-bond acceptors (Lipinski definition) is 3. The smallest absolute Gasteiger partial charge is 0.233 e. The molecule has 0 aliphatic heterocycles. The minimum Gasteiger partial charge on any atom is -0.233 e. The van der Waals surface area contributed by atoms with Crippen LogP contribution in [0.3, 0.4) is 0 Å². The standard InChI is InChI=1S/C6H5ClF2N2O2S/c7-3-1-2-4(5(8)9)11-6(3)14(10,12)13/h1-2,5H,(H2,10,12,13). The molecule has 0 spiro atoms. The number of primary sulfonamides is 1. The quantitative estimate of drug-likeness (QED) is 0.850. The van der Waals surface area contributed by atoms with Crippen LogP contribution in [0.25, 0.3) is 0 Å². The third-order valence-corrected chi connectivity index (χ3v) is 2.60. The Morgan fingerprint density at radius 1 is 1.43 bits per heavy atom. The van der Waals surface area contributed by atoms with E-state index >= 15 is 0 Å². The Kier molecular flexibility index (Phi) is 3.03. The normalized spacial score (nSPS) is 12.1. The zero-order valence-corrected chi connectivity index (χ0v) is 8.19. The van der Waals surface area contributed by atoms with Crippen molar-refractivity contribution >= 4 is 21.6 Å². The average molecular weight is 243 g/mol. The largest absolute Gasteiger partial charge is 0.280 e. The van der Waals surface area contributed by atoms with Crippen LogP contribution in [0.2, 0.25) is 5.02 Å². The Hall–Kier alpha value is -0.790. The Bertz CT molecular complexity index is 449. The molecule has 1 rings (SSSR count). The Morgan fingerprint density at radius 3 is 2.43 bits per heavy atom. The first kappa shape index (κ1) is 11.3. The Labute approximate surface area is 83.8 Å². The molecule has 0 fully saturated rings. The van der Waals surface area contributed by atoms with Crippen molar-refractivity contribution in [3.63, 3.8) is 0 Å². The molecular weight excluding hydrogens is 238 g/mol. The van der Waals surface area contributed by atoms with Crippen LogP contribution in [-0.2, 0) is 10.0 Å². The molecule has 0 unspecified atom stereocenters. The van der Waals surface area contributed by atoms with Crippen LogP contribution in [0.4, 0.5) is 8.78 Å². The zero-order chi connectivity index (χ0) is 10.9. The highest BCUT2D eigenvalue weighted by Gasteiger charge is 2.18. The molecule has 1 aromatic rings. The summed E-state index contributed by atoms with van der Waals surface area (Å²) in [5.74, 6) is 0. The summed E-state index contributed by atoms with van der Waals surface area (Å²) in [6, 6.07) is 1.94. The number of hydrogen-bond donors (Lipinski definition) is 1. The molecule has 0 bridgehead atoms. The second kappa shape index (κ2) is 3.76. The molecule has 0 saturated carbocycles. The monoisotopic (exact) mass is 242 g/mol. The van der Waals surface area contributed by atoms with Gasteiger partial charge in [-0.25, -0.2) is 27.3 Å². The molecule has 0 aromatic carbocycles. The van der Waals surface area contributed by atoms with Gasteiger partial charge in [0.1, 0.15) is 5.69 Å². The molecule has 1 heterocycles. The molecule has 78 valence electrons. The summed E-state index contributed by atoms with van der Waals surface area (Å²) < 4.78 is 45.9. The highest BCUT2D eigenvalue weighted by Crippen LogP contribution is 2.23. The first-order chi connectivity index (χ1) is 6.32. The highest BCUT2D eigenvalue weighted by molar-refractivity contribution is 7.89. The molecule has 2 N–H and O–H groups in total. The lowest BCUT2D eigenvalue weighted by Gasteiger charge is -2.03. The maximum atomic E-state index is 12.1. The van der Waals surface area contributed by atoms with Crippen LogP contribution in [0.1, 0.15) is 12.1 Å². The van der Waals surface area contributed by atoms with Crippen molar-refractivity contribution in [3.8, 4) is 0 Å². The van der Waals surface area contributed by atoms with Gasteiger partial charge in [0.2, 0.25) is 0 Å². The summed E-state index contributed by atoms with van der Waals surface area (Å²) in [4.78, 5) is 3.15. The van der Waals surface area contributed by atoms with Gasteiger partial charge in [0.25, 0.3) is 16.4 Å². The van der Waals surface area contributed by atoms with Gasteiger partial charge in [0.15, 0.2) is 5.03 Å². The first-order valence-electron chi connectivity index (χ1n) is 3.30. The maximum Gasteiger partial charge on any atom is 0.280 e. The topological polar surface area (TPSA) is 73.1 Å². The minimum atomic E-state index is -4.17. The fourth-order valence-corrected chi connectivity index (χ4v) is 1.76. The van der Waals surface area contributed by atoms with E-state index in [0.29, 0.717) is 0 Å². The lowest BCUT2D eigenvalue weighted by atomic mass is 10.4. The number of aromatic nitrogens is 1. The molecule has 0 radical (unpaired) electrons. The summed E-state index contributed by atoms with van der Waals surface area (Å²) in [5, 5.41) is 3.69. The molecule has 8 heteroatoms. The SMILES string of the molecule is NS(=O)(=O)c1nc(C(F)F)ccc1Cl. The molecular formula is C6H5ClF2N2O2S. The predicted octanol–water partition coefficient (Wildman–Crippen LogP) is 1.32. The van der Waals surface area contributed by atoms with Crippen molar-refractivity contribution in [3.05, 3.63) is 22.8 Å². The van der Waals surface area contributed by atoms with E-state index in [1.165, 1.54) is 0 Å². The van der Waals surface area contributed by atoms with Crippen LogP contribution in [0, 0.1) is 0 Å². The van der Waals surface area contributed by atoms with Gasteiger partial charge in [0.05, 0.1) is 5.02 Å². The maximum absolute atomic E-state index is 12.1. The number of nitrogens with zero attached hydrogens (tertiary/aromatic N) is 1. The molecule has 1 aromatic heterocycles.